The molecule has 5 heterocycles. The Hall–Kier alpha value is -3.71. The van der Waals surface area contributed by atoms with E-state index in [9.17, 15) is 13.2 Å². The fourth-order valence-electron chi connectivity index (χ4n) is 3.90. The quantitative estimate of drug-likeness (QED) is 0.518. The highest BCUT2D eigenvalue weighted by Crippen LogP contribution is 2.38. The summed E-state index contributed by atoms with van der Waals surface area (Å²) in [7, 11) is 0. The lowest BCUT2D eigenvalue weighted by molar-refractivity contribution is -0.137. The van der Waals surface area contributed by atoms with Crippen molar-refractivity contribution >= 4 is 23.3 Å². The standard InChI is InChI=1S/C23H24F3N7O3/c24-23(25,26)17-9-19(27)28-12-16(17)18-10-20(32-22(31-18)33-4-7-34-8-5-33)30-14-1-2-21(29-11-14)36-15-3-6-35-13-15/h1-2,9-12,15H,3-8,13H2,(H2,27,28)(H,30,31,32). The van der Waals surface area contributed by atoms with Gasteiger partial charge in [-0.2, -0.15) is 18.2 Å². The molecule has 3 aromatic heterocycles. The average molecular weight is 503 g/mol. The zero-order valence-corrected chi connectivity index (χ0v) is 19.2. The molecule has 3 aromatic rings. The molecule has 0 aromatic carbocycles. The molecule has 36 heavy (non-hydrogen) atoms. The summed E-state index contributed by atoms with van der Waals surface area (Å²) in [6.07, 6.45) is -1.24. The molecule has 2 aliphatic heterocycles. The molecule has 0 bridgehead atoms. The number of nitrogen functional groups attached to an aromatic ring is 1. The number of nitrogens with zero attached hydrogens (tertiary/aromatic N) is 5. The van der Waals surface area contributed by atoms with Gasteiger partial charge in [0.25, 0.3) is 0 Å². The maximum Gasteiger partial charge on any atom is 0.417 e. The van der Waals surface area contributed by atoms with Gasteiger partial charge in [0.1, 0.15) is 17.7 Å². The van der Waals surface area contributed by atoms with E-state index in [0.29, 0.717) is 56.9 Å². The zero-order valence-electron chi connectivity index (χ0n) is 19.2. The highest BCUT2D eigenvalue weighted by molar-refractivity contribution is 5.71. The summed E-state index contributed by atoms with van der Waals surface area (Å²) in [5.74, 6) is 0.795. The van der Waals surface area contributed by atoms with Gasteiger partial charge >= 0.3 is 6.18 Å². The Morgan fingerprint density at radius 1 is 1.03 bits per heavy atom. The highest BCUT2D eigenvalue weighted by atomic mass is 19.4. The topological polar surface area (TPSA) is 121 Å². The van der Waals surface area contributed by atoms with Crippen LogP contribution in [0.2, 0.25) is 0 Å². The molecule has 1 atom stereocenters. The predicted molar refractivity (Wildman–Crippen MR) is 125 cm³/mol. The lowest BCUT2D eigenvalue weighted by Gasteiger charge is -2.27. The van der Waals surface area contributed by atoms with Gasteiger partial charge in [0.2, 0.25) is 11.8 Å². The van der Waals surface area contributed by atoms with Crippen molar-refractivity contribution in [2.45, 2.75) is 18.7 Å². The van der Waals surface area contributed by atoms with E-state index in [4.69, 9.17) is 19.9 Å². The number of hydrogen-bond acceptors (Lipinski definition) is 10. The van der Waals surface area contributed by atoms with Crippen LogP contribution in [-0.4, -0.2) is 65.6 Å². The summed E-state index contributed by atoms with van der Waals surface area (Å²) < 4.78 is 57.9. The van der Waals surface area contributed by atoms with E-state index in [2.05, 4.69) is 25.3 Å². The molecule has 2 saturated heterocycles. The maximum absolute atomic E-state index is 13.8. The van der Waals surface area contributed by atoms with Crippen molar-refractivity contribution < 1.29 is 27.4 Å². The summed E-state index contributed by atoms with van der Waals surface area (Å²) >= 11 is 0. The third-order valence-electron chi connectivity index (χ3n) is 5.70. The average Bonchev–Trinajstić information content (AvgIpc) is 3.38. The van der Waals surface area contributed by atoms with Gasteiger partial charge in [-0.05, 0) is 12.1 Å². The van der Waals surface area contributed by atoms with Gasteiger partial charge in [0, 0.05) is 43.4 Å². The van der Waals surface area contributed by atoms with Gasteiger partial charge < -0.3 is 30.2 Å². The molecule has 2 aliphatic rings. The van der Waals surface area contributed by atoms with Crippen molar-refractivity contribution in [3.63, 3.8) is 0 Å². The number of pyridine rings is 2. The maximum atomic E-state index is 13.8. The van der Waals surface area contributed by atoms with Crippen LogP contribution in [0.3, 0.4) is 0 Å². The lowest BCUT2D eigenvalue weighted by atomic mass is 10.1. The number of anilines is 4. The first-order valence-electron chi connectivity index (χ1n) is 11.4. The van der Waals surface area contributed by atoms with Gasteiger partial charge in [0.15, 0.2) is 0 Å². The zero-order chi connectivity index (χ0) is 25.1. The Bertz CT molecular complexity index is 1200. The first kappa shape index (κ1) is 24.0. The summed E-state index contributed by atoms with van der Waals surface area (Å²) in [5.41, 5.74) is 5.06. The summed E-state index contributed by atoms with van der Waals surface area (Å²) in [4.78, 5) is 19.0. The fraction of sp³-hybridized carbons (Fsp3) is 0.391. The summed E-state index contributed by atoms with van der Waals surface area (Å²) in [6.45, 7) is 3.12. The highest BCUT2D eigenvalue weighted by Gasteiger charge is 2.35. The van der Waals surface area contributed by atoms with Gasteiger partial charge in [-0.25, -0.2) is 15.0 Å². The Labute approximate surface area is 204 Å². The van der Waals surface area contributed by atoms with Crippen LogP contribution in [0.25, 0.3) is 11.3 Å². The van der Waals surface area contributed by atoms with Crippen molar-refractivity contribution in [3.05, 3.63) is 42.2 Å². The van der Waals surface area contributed by atoms with Crippen molar-refractivity contribution in [1.29, 1.82) is 0 Å². The van der Waals surface area contributed by atoms with Gasteiger partial charge in [0.05, 0.1) is 49.6 Å². The first-order valence-corrected chi connectivity index (χ1v) is 11.4. The first-order chi connectivity index (χ1) is 17.3. The molecule has 0 radical (unpaired) electrons. The number of halogens is 3. The Morgan fingerprint density at radius 2 is 1.86 bits per heavy atom. The van der Waals surface area contributed by atoms with Crippen LogP contribution < -0.4 is 20.7 Å². The number of ether oxygens (including phenoxy) is 3. The number of hydrogen-bond donors (Lipinski definition) is 2. The molecule has 2 fully saturated rings. The van der Waals surface area contributed by atoms with Crippen molar-refractivity contribution in [2.24, 2.45) is 0 Å². The van der Waals surface area contributed by atoms with Crippen LogP contribution in [-0.2, 0) is 15.7 Å². The van der Waals surface area contributed by atoms with Crippen molar-refractivity contribution in [3.8, 4) is 17.1 Å². The Balaban J connectivity index is 1.47. The largest absolute Gasteiger partial charge is 0.472 e. The van der Waals surface area contributed by atoms with E-state index in [1.165, 1.54) is 6.07 Å². The van der Waals surface area contributed by atoms with E-state index >= 15 is 0 Å². The minimum atomic E-state index is -4.64. The minimum Gasteiger partial charge on any atom is -0.472 e. The minimum absolute atomic E-state index is 0.0341. The van der Waals surface area contributed by atoms with Crippen LogP contribution in [0.15, 0.2) is 36.7 Å². The molecule has 190 valence electrons. The molecule has 0 aliphatic carbocycles. The number of aromatic nitrogens is 4. The Morgan fingerprint density at radius 3 is 2.56 bits per heavy atom. The molecule has 5 rings (SSSR count). The van der Waals surface area contributed by atoms with Crippen LogP contribution in [0, 0.1) is 0 Å². The van der Waals surface area contributed by atoms with Crippen LogP contribution in [0.1, 0.15) is 12.0 Å². The van der Waals surface area contributed by atoms with Crippen LogP contribution in [0.5, 0.6) is 5.88 Å². The number of nitrogens with two attached hydrogens (primary N) is 1. The van der Waals surface area contributed by atoms with Gasteiger partial charge in [-0.15, -0.1) is 0 Å². The van der Waals surface area contributed by atoms with E-state index in [-0.39, 0.29) is 29.1 Å². The number of alkyl halides is 3. The third kappa shape index (κ3) is 5.57. The second-order valence-corrected chi connectivity index (χ2v) is 8.30. The van der Waals surface area contributed by atoms with Crippen molar-refractivity contribution in [1.82, 2.24) is 19.9 Å². The number of nitrogens with one attached hydrogen (secondary N) is 1. The SMILES string of the molecule is Nc1cc(C(F)(F)F)c(-c2cc(Nc3ccc(OC4CCOC4)nc3)nc(N3CCOCC3)n2)cn1. The fourth-order valence-corrected chi connectivity index (χ4v) is 3.90. The van der Waals surface area contributed by atoms with E-state index in [1.807, 2.05) is 4.90 Å². The normalized spacial score (nSPS) is 18.3. The molecule has 13 heteroatoms. The summed E-state index contributed by atoms with van der Waals surface area (Å²) in [6, 6.07) is 5.70. The molecule has 3 N–H and O–H groups in total. The van der Waals surface area contributed by atoms with E-state index in [1.54, 1.807) is 18.3 Å². The van der Waals surface area contributed by atoms with Gasteiger partial charge in [-0.3, -0.25) is 0 Å². The van der Waals surface area contributed by atoms with Crippen molar-refractivity contribution in [2.75, 3.05) is 55.5 Å². The second-order valence-electron chi connectivity index (χ2n) is 8.30. The van der Waals surface area contributed by atoms with E-state index < -0.39 is 11.7 Å². The van der Waals surface area contributed by atoms with Crippen LogP contribution >= 0.6 is 0 Å². The summed E-state index contributed by atoms with van der Waals surface area (Å²) in [5, 5.41) is 3.11. The lowest BCUT2D eigenvalue weighted by Crippen LogP contribution is -2.37. The molecule has 0 amide bonds. The molecule has 1 unspecified atom stereocenters. The van der Waals surface area contributed by atoms with E-state index in [0.717, 1.165) is 18.7 Å². The number of morpholine rings is 1. The molecule has 0 spiro atoms. The number of rotatable bonds is 6. The Kier molecular flexibility index (Phi) is 6.74. The monoisotopic (exact) mass is 503 g/mol. The molecule has 0 saturated carbocycles. The van der Waals surface area contributed by atoms with Crippen LogP contribution in [0.4, 0.5) is 36.4 Å². The third-order valence-corrected chi connectivity index (χ3v) is 5.70. The molecule has 10 nitrogen and oxygen atoms in total. The predicted octanol–water partition coefficient (Wildman–Crippen LogP) is 3.28. The molecular formula is C23H24F3N7O3. The van der Waals surface area contributed by atoms with Gasteiger partial charge in [-0.1, -0.05) is 0 Å². The second kappa shape index (κ2) is 10.1. The molecular weight excluding hydrogens is 479 g/mol. The smallest absolute Gasteiger partial charge is 0.417 e.